The lowest BCUT2D eigenvalue weighted by Crippen LogP contribution is -2.06. The van der Waals surface area contributed by atoms with E-state index in [-0.39, 0.29) is 17.5 Å². The Labute approximate surface area is 117 Å². The van der Waals surface area contributed by atoms with E-state index in [1.165, 1.54) is 6.07 Å². The number of nitrogens with one attached hydrogen (secondary N) is 1. The third kappa shape index (κ3) is 3.64. The first-order valence-electron chi connectivity index (χ1n) is 6.39. The van der Waals surface area contributed by atoms with Crippen molar-refractivity contribution in [2.75, 3.05) is 19.0 Å². The largest absolute Gasteiger partial charge is 0.508 e. The highest BCUT2D eigenvalue weighted by Crippen LogP contribution is 2.26. The minimum absolute atomic E-state index is 0.0458. The van der Waals surface area contributed by atoms with Gasteiger partial charge in [0.05, 0.1) is 25.0 Å². The highest BCUT2D eigenvalue weighted by Gasteiger charge is 2.09. The molecule has 20 heavy (non-hydrogen) atoms. The van der Waals surface area contributed by atoms with Crippen molar-refractivity contribution in [3.63, 3.8) is 0 Å². The molecule has 6 heteroatoms. The molecule has 0 aliphatic rings. The molecule has 1 unspecified atom stereocenters. The number of ether oxygens (including phenoxy) is 1. The zero-order valence-electron chi connectivity index (χ0n) is 11.6. The van der Waals surface area contributed by atoms with Gasteiger partial charge in [0.1, 0.15) is 11.5 Å². The van der Waals surface area contributed by atoms with E-state index in [9.17, 15) is 10.2 Å². The molecule has 0 fully saturated rings. The van der Waals surface area contributed by atoms with E-state index in [1.54, 1.807) is 30.1 Å². The summed E-state index contributed by atoms with van der Waals surface area (Å²) in [5.74, 6) is 0.0916. The van der Waals surface area contributed by atoms with Crippen LogP contribution in [0, 0.1) is 0 Å². The summed E-state index contributed by atoms with van der Waals surface area (Å²) >= 11 is 0. The Balaban J connectivity index is 2.03. The first-order valence-corrected chi connectivity index (χ1v) is 6.39. The van der Waals surface area contributed by atoms with Gasteiger partial charge in [-0.05, 0) is 24.6 Å². The van der Waals surface area contributed by atoms with Crippen LogP contribution in [-0.4, -0.2) is 33.7 Å². The molecule has 6 nitrogen and oxygen atoms in total. The lowest BCUT2D eigenvalue weighted by atomic mass is 10.1. The van der Waals surface area contributed by atoms with E-state index in [0.29, 0.717) is 13.2 Å². The molecular weight excluding hydrogens is 258 g/mol. The summed E-state index contributed by atoms with van der Waals surface area (Å²) in [6.07, 6.45) is 3.62. The quantitative estimate of drug-likeness (QED) is 0.753. The molecule has 1 aromatic heterocycles. The van der Waals surface area contributed by atoms with Crippen molar-refractivity contribution in [2.24, 2.45) is 0 Å². The van der Waals surface area contributed by atoms with E-state index < -0.39 is 0 Å². The van der Waals surface area contributed by atoms with Crippen molar-refractivity contribution in [3.05, 3.63) is 36.2 Å². The smallest absolute Gasteiger partial charge is 0.119 e. The maximum Gasteiger partial charge on any atom is 0.119 e. The molecule has 0 radical (unpaired) electrons. The third-order valence-electron chi connectivity index (χ3n) is 2.97. The highest BCUT2D eigenvalue weighted by atomic mass is 16.5. The Morgan fingerprint density at radius 2 is 2.00 bits per heavy atom. The topological polar surface area (TPSA) is 79.5 Å². The van der Waals surface area contributed by atoms with Gasteiger partial charge in [-0.25, -0.2) is 0 Å². The summed E-state index contributed by atoms with van der Waals surface area (Å²) < 4.78 is 6.79. The zero-order chi connectivity index (χ0) is 14.5. The van der Waals surface area contributed by atoms with E-state index in [2.05, 4.69) is 10.4 Å². The maximum atomic E-state index is 9.49. The number of anilines is 1. The van der Waals surface area contributed by atoms with Gasteiger partial charge >= 0.3 is 0 Å². The highest BCUT2D eigenvalue weighted by molar-refractivity contribution is 5.44. The van der Waals surface area contributed by atoms with Crippen LogP contribution in [0.3, 0.4) is 0 Å². The second kappa shape index (κ2) is 6.29. The van der Waals surface area contributed by atoms with Gasteiger partial charge in [-0.1, -0.05) is 0 Å². The van der Waals surface area contributed by atoms with Crippen molar-refractivity contribution >= 4 is 5.69 Å². The number of methoxy groups -OCH3 is 1. The number of phenolic OH excluding ortho intramolecular Hbond substituents is 2. The molecule has 0 saturated heterocycles. The fourth-order valence-corrected chi connectivity index (χ4v) is 1.95. The molecule has 108 valence electrons. The minimum atomic E-state index is -0.0620. The summed E-state index contributed by atoms with van der Waals surface area (Å²) in [7, 11) is 1.65. The summed E-state index contributed by atoms with van der Waals surface area (Å²) in [4.78, 5) is 0. The molecule has 0 amide bonds. The number of nitrogens with zero attached hydrogens (tertiary/aromatic N) is 2. The predicted molar refractivity (Wildman–Crippen MR) is 75.9 cm³/mol. The van der Waals surface area contributed by atoms with E-state index in [4.69, 9.17) is 4.74 Å². The van der Waals surface area contributed by atoms with Crippen molar-refractivity contribution in [1.82, 2.24) is 9.78 Å². The molecule has 2 rings (SSSR count). The van der Waals surface area contributed by atoms with E-state index in [0.717, 1.165) is 11.3 Å². The third-order valence-corrected chi connectivity index (χ3v) is 2.97. The summed E-state index contributed by atoms with van der Waals surface area (Å²) in [5, 5.41) is 26.5. The summed E-state index contributed by atoms with van der Waals surface area (Å²) in [6, 6.07) is 4.48. The second-order valence-electron chi connectivity index (χ2n) is 4.63. The molecule has 0 aliphatic heterocycles. The van der Waals surface area contributed by atoms with Crippen LogP contribution in [0.2, 0.25) is 0 Å². The Morgan fingerprint density at radius 1 is 1.30 bits per heavy atom. The van der Waals surface area contributed by atoms with Crippen LogP contribution in [0.4, 0.5) is 5.69 Å². The lowest BCUT2D eigenvalue weighted by molar-refractivity contribution is 0.183. The van der Waals surface area contributed by atoms with Crippen molar-refractivity contribution in [2.45, 2.75) is 19.5 Å². The van der Waals surface area contributed by atoms with Crippen molar-refractivity contribution in [1.29, 1.82) is 0 Å². The minimum Gasteiger partial charge on any atom is -0.508 e. The van der Waals surface area contributed by atoms with Gasteiger partial charge in [0, 0.05) is 25.4 Å². The number of aromatic hydroxyl groups is 2. The van der Waals surface area contributed by atoms with Crippen LogP contribution in [0.1, 0.15) is 18.5 Å². The number of benzene rings is 1. The van der Waals surface area contributed by atoms with Gasteiger partial charge in [-0.3, -0.25) is 4.68 Å². The molecule has 0 aliphatic carbocycles. The fraction of sp³-hybridized carbons (Fsp3) is 0.357. The van der Waals surface area contributed by atoms with Crippen molar-refractivity contribution in [3.8, 4) is 11.5 Å². The lowest BCUT2D eigenvalue weighted by Gasteiger charge is -2.14. The summed E-state index contributed by atoms with van der Waals surface area (Å²) in [5.41, 5.74) is 1.67. The number of rotatable bonds is 6. The molecule has 2 aromatic rings. The van der Waals surface area contributed by atoms with Crippen molar-refractivity contribution < 1.29 is 14.9 Å². The predicted octanol–water partition coefficient (Wildman–Crippen LogP) is 2.11. The normalized spacial score (nSPS) is 12.3. The number of aromatic nitrogens is 2. The zero-order valence-corrected chi connectivity index (χ0v) is 11.6. The van der Waals surface area contributed by atoms with Crippen LogP contribution in [0.15, 0.2) is 30.6 Å². The number of hydrogen-bond acceptors (Lipinski definition) is 5. The first-order chi connectivity index (χ1) is 9.58. The molecule has 1 heterocycles. The Hall–Kier alpha value is -2.21. The van der Waals surface area contributed by atoms with Gasteiger partial charge in [0.25, 0.3) is 0 Å². The number of phenols is 2. The number of hydrogen-bond donors (Lipinski definition) is 3. The monoisotopic (exact) mass is 277 g/mol. The van der Waals surface area contributed by atoms with Crippen LogP contribution >= 0.6 is 0 Å². The van der Waals surface area contributed by atoms with Gasteiger partial charge in [-0.2, -0.15) is 5.10 Å². The van der Waals surface area contributed by atoms with Gasteiger partial charge in [-0.15, -0.1) is 0 Å². The molecule has 3 N–H and O–H groups in total. The van der Waals surface area contributed by atoms with E-state index in [1.807, 2.05) is 13.1 Å². The molecule has 0 saturated carbocycles. The average molecular weight is 277 g/mol. The first kappa shape index (κ1) is 14.2. The molecule has 0 bridgehead atoms. The Kier molecular flexibility index (Phi) is 4.47. The summed E-state index contributed by atoms with van der Waals surface area (Å²) in [6.45, 7) is 3.25. The Bertz CT molecular complexity index is 548. The van der Waals surface area contributed by atoms with Crippen LogP contribution in [0.25, 0.3) is 0 Å². The maximum absolute atomic E-state index is 9.49. The molecule has 1 aromatic carbocycles. The van der Waals surface area contributed by atoms with Gasteiger partial charge in [0.15, 0.2) is 0 Å². The van der Waals surface area contributed by atoms with Crippen LogP contribution in [-0.2, 0) is 11.3 Å². The SMILES string of the molecule is COCCn1cc(NC(C)c2cc(O)cc(O)c2)cn1. The average Bonchev–Trinajstić information content (AvgIpc) is 2.82. The van der Waals surface area contributed by atoms with Gasteiger partial charge < -0.3 is 20.3 Å². The van der Waals surface area contributed by atoms with Crippen LogP contribution in [0.5, 0.6) is 11.5 Å². The molecule has 1 atom stereocenters. The molecular formula is C14H19N3O3. The molecule has 0 spiro atoms. The standard InChI is InChI=1S/C14H19N3O3/c1-10(11-5-13(18)7-14(19)6-11)16-12-8-15-17(9-12)3-4-20-2/h5-10,16,18-19H,3-4H2,1-2H3. The second-order valence-corrected chi connectivity index (χ2v) is 4.63. The van der Waals surface area contributed by atoms with Crippen LogP contribution < -0.4 is 5.32 Å². The Morgan fingerprint density at radius 3 is 2.65 bits per heavy atom. The fourth-order valence-electron chi connectivity index (χ4n) is 1.95. The van der Waals surface area contributed by atoms with Gasteiger partial charge in [0.2, 0.25) is 0 Å². The van der Waals surface area contributed by atoms with E-state index >= 15 is 0 Å².